The molecule has 0 spiro atoms. The second-order valence-electron chi connectivity index (χ2n) is 3.91. The van der Waals surface area contributed by atoms with E-state index < -0.39 is 17.5 Å². The predicted molar refractivity (Wildman–Crippen MR) is 52.5 cm³/mol. The summed E-state index contributed by atoms with van der Waals surface area (Å²) in [5, 5.41) is 0.0613. The van der Waals surface area contributed by atoms with E-state index in [1.807, 2.05) is 0 Å². The van der Waals surface area contributed by atoms with E-state index in [0.717, 1.165) is 25.0 Å². The molecule has 0 bridgehead atoms. The molecule has 2 rings (SSSR count). The second kappa shape index (κ2) is 4.05. The smallest absolute Gasteiger partial charge is 0.194 e. The minimum absolute atomic E-state index is 0.0529. The number of halogens is 4. The Morgan fingerprint density at radius 3 is 2.13 bits per heavy atom. The van der Waals surface area contributed by atoms with E-state index >= 15 is 0 Å². The van der Waals surface area contributed by atoms with Gasteiger partial charge in [0.1, 0.15) is 0 Å². The van der Waals surface area contributed by atoms with Gasteiger partial charge in [0.15, 0.2) is 17.5 Å². The van der Waals surface area contributed by atoms with Crippen molar-refractivity contribution in [3.8, 4) is 0 Å². The summed E-state index contributed by atoms with van der Waals surface area (Å²) >= 11 is 5.91. The topological polar surface area (TPSA) is 0 Å². The largest absolute Gasteiger partial charge is 0.204 e. The molecule has 0 nitrogen and oxygen atoms in total. The zero-order chi connectivity index (χ0) is 11.0. The van der Waals surface area contributed by atoms with Crippen LogP contribution in [0, 0.1) is 17.5 Å². The minimum Gasteiger partial charge on any atom is -0.204 e. The zero-order valence-corrected chi connectivity index (χ0v) is 8.70. The molecule has 0 heterocycles. The van der Waals surface area contributed by atoms with Gasteiger partial charge in [-0.3, -0.25) is 0 Å². The molecular formula is C11H10ClF3. The van der Waals surface area contributed by atoms with E-state index in [2.05, 4.69) is 0 Å². The van der Waals surface area contributed by atoms with Crippen LogP contribution in [0.5, 0.6) is 0 Å². The Morgan fingerprint density at radius 2 is 1.67 bits per heavy atom. The lowest BCUT2D eigenvalue weighted by molar-refractivity contribution is 0.443. The van der Waals surface area contributed by atoms with Gasteiger partial charge in [-0.15, -0.1) is 11.6 Å². The van der Waals surface area contributed by atoms with Gasteiger partial charge in [-0.05, 0) is 42.9 Å². The van der Waals surface area contributed by atoms with Crippen molar-refractivity contribution in [3.63, 3.8) is 0 Å². The molecule has 0 aromatic heterocycles. The lowest BCUT2D eigenvalue weighted by Gasteiger charge is -2.10. The fraction of sp³-hybridized carbons (Fsp3) is 0.455. The summed E-state index contributed by atoms with van der Waals surface area (Å²) in [5.74, 6) is -3.60. The molecule has 1 aliphatic carbocycles. The summed E-state index contributed by atoms with van der Waals surface area (Å²) in [5.41, 5.74) is 0.509. The highest BCUT2D eigenvalue weighted by atomic mass is 35.5. The van der Waals surface area contributed by atoms with Crippen molar-refractivity contribution in [1.29, 1.82) is 0 Å². The first-order chi connectivity index (χ1) is 7.08. The first kappa shape index (κ1) is 10.8. The molecular weight excluding hydrogens is 225 g/mol. The fourth-order valence-electron chi connectivity index (χ4n) is 2.04. The van der Waals surface area contributed by atoms with Crippen molar-refractivity contribution >= 4 is 11.6 Å². The van der Waals surface area contributed by atoms with Gasteiger partial charge in [-0.2, -0.15) is 0 Å². The molecule has 0 N–H and O–H groups in total. The summed E-state index contributed by atoms with van der Waals surface area (Å²) in [7, 11) is 0. The number of hydrogen-bond acceptors (Lipinski definition) is 0. The van der Waals surface area contributed by atoms with Gasteiger partial charge in [0.25, 0.3) is 0 Å². The standard InChI is InChI=1S/C11H10ClF3/c12-8-2-1-6(3-8)7-4-9(13)11(15)10(14)5-7/h4-6,8H,1-3H2. The van der Waals surface area contributed by atoms with Gasteiger partial charge in [-0.1, -0.05) is 0 Å². The Labute approximate surface area is 91.1 Å². The molecule has 2 atom stereocenters. The normalized spacial score (nSPS) is 25.9. The fourth-order valence-corrected chi connectivity index (χ4v) is 2.38. The molecule has 0 aliphatic heterocycles. The molecule has 4 heteroatoms. The Balaban J connectivity index is 2.29. The van der Waals surface area contributed by atoms with Crippen LogP contribution in [0.25, 0.3) is 0 Å². The average molecular weight is 235 g/mol. The summed E-state index contributed by atoms with van der Waals surface area (Å²) in [6.45, 7) is 0. The molecule has 2 unspecified atom stereocenters. The van der Waals surface area contributed by atoms with E-state index in [4.69, 9.17) is 11.6 Å². The van der Waals surface area contributed by atoms with Crippen LogP contribution in [0.1, 0.15) is 30.7 Å². The van der Waals surface area contributed by atoms with E-state index in [9.17, 15) is 13.2 Å². The number of hydrogen-bond donors (Lipinski definition) is 0. The third-order valence-electron chi connectivity index (χ3n) is 2.85. The molecule has 0 amide bonds. The van der Waals surface area contributed by atoms with Crippen LogP contribution in [0.3, 0.4) is 0 Å². The molecule has 1 saturated carbocycles. The quantitative estimate of drug-likeness (QED) is 0.509. The van der Waals surface area contributed by atoms with Gasteiger partial charge in [0.2, 0.25) is 0 Å². The number of benzene rings is 1. The summed E-state index contributed by atoms with van der Waals surface area (Å²) in [6.07, 6.45) is 2.34. The number of alkyl halides is 1. The van der Waals surface area contributed by atoms with Crippen LogP contribution in [-0.2, 0) is 0 Å². The molecule has 1 aromatic rings. The van der Waals surface area contributed by atoms with E-state index in [1.165, 1.54) is 0 Å². The maximum Gasteiger partial charge on any atom is 0.194 e. The van der Waals surface area contributed by atoms with Gasteiger partial charge >= 0.3 is 0 Å². The van der Waals surface area contributed by atoms with Crippen LogP contribution in [-0.4, -0.2) is 5.38 Å². The third kappa shape index (κ3) is 2.12. The lowest BCUT2D eigenvalue weighted by Crippen LogP contribution is -1.99. The van der Waals surface area contributed by atoms with Gasteiger partial charge in [0, 0.05) is 5.38 Å². The summed E-state index contributed by atoms with van der Waals surface area (Å²) < 4.78 is 38.6. The van der Waals surface area contributed by atoms with Crippen LogP contribution in [0.4, 0.5) is 13.2 Å². The SMILES string of the molecule is Fc1cc(C2CCC(Cl)C2)cc(F)c1F. The molecule has 0 saturated heterocycles. The predicted octanol–water partition coefficient (Wildman–Crippen LogP) is 3.98. The van der Waals surface area contributed by atoms with E-state index in [1.54, 1.807) is 0 Å². The van der Waals surface area contributed by atoms with Crippen LogP contribution in [0.2, 0.25) is 0 Å². The van der Waals surface area contributed by atoms with Gasteiger partial charge < -0.3 is 0 Å². The summed E-state index contributed by atoms with van der Waals surface area (Å²) in [4.78, 5) is 0. The van der Waals surface area contributed by atoms with Crippen molar-refractivity contribution in [2.24, 2.45) is 0 Å². The molecule has 1 aromatic carbocycles. The third-order valence-corrected chi connectivity index (χ3v) is 3.24. The monoisotopic (exact) mass is 234 g/mol. The van der Waals surface area contributed by atoms with Crippen molar-refractivity contribution in [3.05, 3.63) is 35.1 Å². The Kier molecular flexibility index (Phi) is 2.91. The van der Waals surface area contributed by atoms with Crippen molar-refractivity contribution in [2.75, 3.05) is 0 Å². The van der Waals surface area contributed by atoms with Crippen LogP contribution >= 0.6 is 11.6 Å². The highest BCUT2D eigenvalue weighted by Gasteiger charge is 2.25. The summed E-state index contributed by atoms with van der Waals surface area (Å²) in [6, 6.07) is 2.13. The molecule has 1 aliphatic rings. The zero-order valence-electron chi connectivity index (χ0n) is 7.94. The molecule has 0 radical (unpaired) electrons. The van der Waals surface area contributed by atoms with Crippen molar-refractivity contribution < 1.29 is 13.2 Å². The highest BCUT2D eigenvalue weighted by molar-refractivity contribution is 6.20. The minimum atomic E-state index is -1.40. The van der Waals surface area contributed by atoms with Crippen molar-refractivity contribution in [2.45, 2.75) is 30.6 Å². The first-order valence-corrected chi connectivity index (χ1v) is 5.30. The maximum absolute atomic E-state index is 12.9. The van der Waals surface area contributed by atoms with E-state index in [0.29, 0.717) is 12.0 Å². The molecule has 15 heavy (non-hydrogen) atoms. The van der Waals surface area contributed by atoms with Gasteiger partial charge in [0.05, 0.1) is 0 Å². The lowest BCUT2D eigenvalue weighted by atomic mass is 9.97. The van der Waals surface area contributed by atoms with Gasteiger partial charge in [-0.25, -0.2) is 13.2 Å². The Morgan fingerprint density at radius 1 is 1.07 bits per heavy atom. The number of rotatable bonds is 1. The van der Waals surface area contributed by atoms with Crippen LogP contribution < -0.4 is 0 Å². The molecule has 1 fully saturated rings. The van der Waals surface area contributed by atoms with E-state index in [-0.39, 0.29) is 11.3 Å². The Bertz CT molecular complexity index is 355. The Hall–Kier alpha value is -0.700. The van der Waals surface area contributed by atoms with Crippen LogP contribution in [0.15, 0.2) is 12.1 Å². The first-order valence-electron chi connectivity index (χ1n) is 4.86. The maximum atomic E-state index is 12.9. The van der Waals surface area contributed by atoms with Crippen molar-refractivity contribution in [1.82, 2.24) is 0 Å². The average Bonchev–Trinajstić information content (AvgIpc) is 2.60. The molecule has 82 valence electrons. The second-order valence-corrected chi connectivity index (χ2v) is 4.52. The highest BCUT2D eigenvalue weighted by Crippen LogP contribution is 2.37.